The first-order chi connectivity index (χ1) is 11.9. The van der Waals surface area contributed by atoms with Crippen molar-refractivity contribution in [3.8, 4) is 0 Å². The second-order valence-electron chi connectivity index (χ2n) is 6.92. The van der Waals surface area contributed by atoms with Crippen LogP contribution in [-0.2, 0) is 11.8 Å². The molecule has 0 aliphatic rings. The van der Waals surface area contributed by atoms with Crippen molar-refractivity contribution in [2.45, 2.75) is 46.5 Å². The topological polar surface area (TPSA) is 62.5 Å². The minimum atomic E-state index is -0.00866. The summed E-state index contributed by atoms with van der Waals surface area (Å²) in [6.07, 6.45) is 0.869. The Morgan fingerprint density at radius 2 is 1.85 bits per heavy atom. The van der Waals surface area contributed by atoms with E-state index in [9.17, 15) is 0 Å². The molecular weight excluding hydrogens is 439 g/mol. The molecule has 0 aliphatic heterocycles. The smallest absolute Gasteiger partial charge is 0.191 e. The minimum absolute atomic E-state index is 0. The second-order valence-corrected chi connectivity index (χ2v) is 6.92. The number of nitrogens with zero attached hydrogens (tertiary/aromatic N) is 2. The molecule has 2 N–H and O–H groups in total. The summed E-state index contributed by atoms with van der Waals surface area (Å²) in [4.78, 5) is 4.78. The van der Waals surface area contributed by atoms with Gasteiger partial charge in [0.25, 0.3) is 0 Å². The van der Waals surface area contributed by atoms with Crippen molar-refractivity contribution in [1.29, 1.82) is 0 Å². The van der Waals surface area contributed by atoms with Crippen molar-refractivity contribution in [2.24, 2.45) is 4.99 Å². The summed E-state index contributed by atoms with van der Waals surface area (Å²) in [6, 6.07) is 10.5. The predicted octanol–water partition coefficient (Wildman–Crippen LogP) is 3.98. The SMILES string of the molecule is CCNC(=NCC(C)(C)c1ccccc1)NCCc1c(C)noc1C.I. The summed E-state index contributed by atoms with van der Waals surface area (Å²) >= 11 is 0. The van der Waals surface area contributed by atoms with E-state index in [-0.39, 0.29) is 29.4 Å². The lowest BCUT2D eigenvalue weighted by atomic mass is 9.85. The molecule has 0 unspecified atom stereocenters. The molecule has 0 aliphatic carbocycles. The van der Waals surface area contributed by atoms with Crippen molar-refractivity contribution in [1.82, 2.24) is 15.8 Å². The number of aliphatic imine (C=N–C) groups is 1. The fourth-order valence-electron chi connectivity index (χ4n) is 2.76. The van der Waals surface area contributed by atoms with Crippen LogP contribution in [0.15, 0.2) is 39.8 Å². The van der Waals surface area contributed by atoms with E-state index < -0.39 is 0 Å². The third kappa shape index (κ3) is 6.30. The molecule has 0 saturated carbocycles. The van der Waals surface area contributed by atoms with Gasteiger partial charge in [0.2, 0.25) is 0 Å². The Labute approximate surface area is 174 Å². The summed E-state index contributed by atoms with van der Waals surface area (Å²) in [5, 5.41) is 10.7. The van der Waals surface area contributed by atoms with Gasteiger partial charge in [-0.25, -0.2) is 0 Å². The summed E-state index contributed by atoms with van der Waals surface area (Å²) in [7, 11) is 0. The van der Waals surface area contributed by atoms with E-state index in [0.29, 0.717) is 0 Å². The van der Waals surface area contributed by atoms with Gasteiger partial charge in [-0.2, -0.15) is 0 Å². The van der Waals surface area contributed by atoms with Gasteiger partial charge in [0.1, 0.15) is 5.76 Å². The molecule has 5 nitrogen and oxygen atoms in total. The molecule has 0 bridgehead atoms. The zero-order chi connectivity index (χ0) is 18.3. The molecule has 26 heavy (non-hydrogen) atoms. The van der Waals surface area contributed by atoms with Crippen LogP contribution < -0.4 is 10.6 Å². The van der Waals surface area contributed by atoms with Crippen LogP contribution in [0.1, 0.15) is 43.4 Å². The highest BCUT2D eigenvalue weighted by atomic mass is 127. The Morgan fingerprint density at radius 1 is 1.15 bits per heavy atom. The molecule has 0 saturated heterocycles. The maximum absolute atomic E-state index is 5.22. The molecular formula is C20H31IN4O. The molecule has 2 aromatic rings. The Bertz CT molecular complexity index is 676. The van der Waals surface area contributed by atoms with Crippen LogP contribution in [0.4, 0.5) is 0 Å². The molecule has 0 spiro atoms. The molecule has 1 aromatic heterocycles. The van der Waals surface area contributed by atoms with Crippen LogP contribution in [0.2, 0.25) is 0 Å². The van der Waals surface area contributed by atoms with Gasteiger partial charge in [-0.3, -0.25) is 4.99 Å². The summed E-state index contributed by atoms with van der Waals surface area (Å²) in [5.41, 5.74) is 3.43. The molecule has 1 heterocycles. The average molecular weight is 470 g/mol. The molecule has 144 valence electrons. The zero-order valence-corrected chi connectivity index (χ0v) is 18.8. The lowest BCUT2D eigenvalue weighted by Crippen LogP contribution is -2.39. The Hall–Kier alpha value is -1.57. The molecule has 0 fully saturated rings. The van der Waals surface area contributed by atoms with Gasteiger partial charge < -0.3 is 15.2 Å². The third-order valence-electron chi connectivity index (χ3n) is 4.38. The van der Waals surface area contributed by atoms with Crippen molar-refractivity contribution >= 4 is 29.9 Å². The highest BCUT2D eigenvalue weighted by molar-refractivity contribution is 14.0. The number of rotatable bonds is 7. The van der Waals surface area contributed by atoms with Crippen LogP contribution in [-0.4, -0.2) is 30.8 Å². The lowest BCUT2D eigenvalue weighted by Gasteiger charge is -2.24. The van der Waals surface area contributed by atoms with E-state index >= 15 is 0 Å². The van der Waals surface area contributed by atoms with Crippen LogP contribution in [0.3, 0.4) is 0 Å². The van der Waals surface area contributed by atoms with Crippen molar-refractivity contribution in [2.75, 3.05) is 19.6 Å². The lowest BCUT2D eigenvalue weighted by molar-refractivity contribution is 0.392. The maximum atomic E-state index is 5.22. The number of halogens is 1. The average Bonchev–Trinajstić information content (AvgIpc) is 2.92. The predicted molar refractivity (Wildman–Crippen MR) is 119 cm³/mol. The van der Waals surface area contributed by atoms with Gasteiger partial charge in [-0.1, -0.05) is 49.3 Å². The van der Waals surface area contributed by atoms with Gasteiger partial charge in [0, 0.05) is 24.1 Å². The van der Waals surface area contributed by atoms with Crippen LogP contribution in [0.5, 0.6) is 0 Å². The molecule has 0 atom stereocenters. The van der Waals surface area contributed by atoms with Gasteiger partial charge in [0.05, 0.1) is 12.2 Å². The fourth-order valence-corrected chi connectivity index (χ4v) is 2.76. The standard InChI is InChI=1S/C20H30N4O.HI/c1-6-21-19(22-13-12-18-15(2)24-25-16(18)3)23-14-20(4,5)17-10-8-7-9-11-17;/h7-11H,6,12-14H2,1-5H3,(H2,21,22,23);1H. The van der Waals surface area contributed by atoms with Gasteiger partial charge in [-0.05, 0) is 32.8 Å². The van der Waals surface area contributed by atoms with Crippen LogP contribution in [0.25, 0.3) is 0 Å². The van der Waals surface area contributed by atoms with Crippen LogP contribution in [0, 0.1) is 13.8 Å². The monoisotopic (exact) mass is 470 g/mol. The number of aromatic nitrogens is 1. The van der Waals surface area contributed by atoms with Gasteiger partial charge in [-0.15, -0.1) is 24.0 Å². The normalized spacial score (nSPS) is 11.8. The molecule has 0 radical (unpaired) electrons. The first-order valence-electron chi connectivity index (χ1n) is 8.93. The van der Waals surface area contributed by atoms with E-state index in [4.69, 9.17) is 9.52 Å². The number of benzene rings is 1. The zero-order valence-electron chi connectivity index (χ0n) is 16.4. The highest BCUT2D eigenvalue weighted by Gasteiger charge is 2.20. The van der Waals surface area contributed by atoms with Crippen molar-refractivity contribution < 1.29 is 4.52 Å². The summed E-state index contributed by atoms with van der Waals surface area (Å²) in [5.74, 6) is 1.74. The maximum Gasteiger partial charge on any atom is 0.191 e. The number of nitrogens with one attached hydrogen (secondary N) is 2. The van der Waals surface area contributed by atoms with E-state index in [1.807, 2.05) is 19.9 Å². The molecule has 1 aromatic carbocycles. The first kappa shape index (κ1) is 22.5. The van der Waals surface area contributed by atoms with E-state index in [1.54, 1.807) is 0 Å². The summed E-state index contributed by atoms with van der Waals surface area (Å²) < 4.78 is 5.22. The third-order valence-corrected chi connectivity index (χ3v) is 4.38. The van der Waals surface area contributed by atoms with Crippen LogP contribution >= 0.6 is 24.0 Å². The van der Waals surface area contributed by atoms with Crippen molar-refractivity contribution in [3.05, 3.63) is 52.9 Å². The minimum Gasteiger partial charge on any atom is -0.361 e. The number of hydrogen-bond acceptors (Lipinski definition) is 3. The van der Waals surface area contributed by atoms with Gasteiger partial charge in [0.15, 0.2) is 5.96 Å². The Kier molecular flexibility index (Phi) is 9.12. The van der Waals surface area contributed by atoms with E-state index in [2.05, 4.69) is 60.8 Å². The fraction of sp³-hybridized carbons (Fsp3) is 0.500. The van der Waals surface area contributed by atoms with E-state index in [1.165, 1.54) is 11.1 Å². The summed E-state index contributed by atoms with van der Waals surface area (Å²) in [6.45, 7) is 12.8. The van der Waals surface area contributed by atoms with E-state index in [0.717, 1.165) is 43.5 Å². The van der Waals surface area contributed by atoms with Gasteiger partial charge >= 0.3 is 0 Å². The molecule has 2 rings (SSSR count). The Morgan fingerprint density at radius 3 is 2.42 bits per heavy atom. The largest absolute Gasteiger partial charge is 0.361 e. The molecule has 6 heteroatoms. The number of hydrogen-bond donors (Lipinski definition) is 2. The van der Waals surface area contributed by atoms with Crippen molar-refractivity contribution in [3.63, 3.8) is 0 Å². The number of guanidine groups is 1. The second kappa shape index (κ2) is 10.5. The number of aryl methyl sites for hydroxylation is 2. The first-order valence-corrected chi connectivity index (χ1v) is 8.93. The highest BCUT2D eigenvalue weighted by Crippen LogP contribution is 2.22. The quantitative estimate of drug-likeness (QED) is 0.365. The Balaban J connectivity index is 0.00000338. The molecule has 0 amide bonds.